The van der Waals surface area contributed by atoms with Gasteiger partial charge in [0.25, 0.3) is 0 Å². The molecule has 0 N–H and O–H groups in total. The van der Waals surface area contributed by atoms with Crippen molar-refractivity contribution in [3.8, 4) is 11.3 Å². The van der Waals surface area contributed by atoms with Crippen LogP contribution in [0.3, 0.4) is 0 Å². The first-order valence-corrected chi connectivity index (χ1v) is 9.17. The summed E-state index contributed by atoms with van der Waals surface area (Å²) < 4.78 is 2.37. The molecular weight excluding hydrogens is 316 g/mol. The summed E-state index contributed by atoms with van der Waals surface area (Å²) in [6.45, 7) is 6.54. The molecule has 0 spiro atoms. The fraction of sp³-hybridized carbons (Fsp3) is 0.208. The Morgan fingerprint density at radius 2 is 1.38 bits per heavy atom. The molecule has 0 radical (unpaired) electrons. The molecule has 26 heavy (non-hydrogen) atoms. The van der Waals surface area contributed by atoms with Gasteiger partial charge in [-0.3, -0.25) is 0 Å². The summed E-state index contributed by atoms with van der Waals surface area (Å²) in [5.74, 6) is 0. The smallest absolute Gasteiger partial charge is 0.224 e. The first-order chi connectivity index (χ1) is 12.5. The lowest BCUT2D eigenvalue weighted by atomic mass is 9.91. The van der Waals surface area contributed by atoms with Crippen molar-refractivity contribution in [3.05, 3.63) is 65.2 Å². The lowest BCUT2D eigenvalue weighted by Gasteiger charge is -2.29. The van der Waals surface area contributed by atoms with Crippen LogP contribution in [0, 0.1) is 20.8 Å². The Balaban J connectivity index is 2.10. The molecule has 5 rings (SSSR count). The zero-order chi connectivity index (χ0) is 18.2. The molecular formula is C24H23N2+. The molecule has 1 aromatic heterocycles. The summed E-state index contributed by atoms with van der Waals surface area (Å²) in [7, 11) is 4.39. The minimum absolute atomic E-state index is 1.28. The Kier molecular flexibility index (Phi) is 3.00. The molecule has 1 aliphatic rings. The second-order valence-corrected chi connectivity index (χ2v) is 7.71. The second kappa shape index (κ2) is 5.07. The minimum Gasteiger partial charge on any atom is -0.343 e. The number of anilines is 2. The van der Waals surface area contributed by atoms with Crippen molar-refractivity contribution in [2.45, 2.75) is 20.8 Å². The number of pyridine rings is 1. The Bertz CT molecular complexity index is 1230. The maximum atomic E-state index is 2.37. The standard InChI is InChI=1S/C24H23N2/c1-14-7-9-20-18(10-14)19-11-16(3)13-22-23(19)24(26(20)5)17-8-6-15(2)12-21(17)25(22)4/h6-13H,1-5H3/q+1. The zero-order valence-corrected chi connectivity index (χ0v) is 16.0. The van der Waals surface area contributed by atoms with E-state index in [0.29, 0.717) is 0 Å². The number of benzene rings is 3. The fourth-order valence-corrected chi connectivity index (χ4v) is 4.50. The summed E-state index contributed by atoms with van der Waals surface area (Å²) in [6, 6.07) is 18.2. The zero-order valence-electron chi connectivity index (χ0n) is 16.0. The van der Waals surface area contributed by atoms with Crippen LogP contribution in [0.5, 0.6) is 0 Å². The Morgan fingerprint density at radius 1 is 0.731 bits per heavy atom. The van der Waals surface area contributed by atoms with Gasteiger partial charge in [0.2, 0.25) is 11.2 Å². The highest BCUT2D eigenvalue weighted by Crippen LogP contribution is 2.47. The van der Waals surface area contributed by atoms with Crippen LogP contribution in [0.1, 0.15) is 16.7 Å². The number of rotatable bonds is 0. The fourth-order valence-electron chi connectivity index (χ4n) is 4.50. The van der Waals surface area contributed by atoms with Gasteiger partial charge in [-0.2, -0.15) is 4.57 Å². The van der Waals surface area contributed by atoms with E-state index in [1.165, 1.54) is 61.0 Å². The van der Waals surface area contributed by atoms with Crippen LogP contribution in [0.15, 0.2) is 48.5 Å². The first kappa shape index (κ1) is 15.4. The quantitative estimate of drug-likeness (QED) is 0.303. The largest absolute Gasteiger partial charge is 0.343 e. The second-order valence-electron chi connectivity index (χ2n) is 7.71. The van der Waals surface area contributed by atoms with E-state index in [4.69, 9.17) is 0 Å². The third-order valence-electron chi connectivity index (χ3n) is 5.77. The van der Waals surface area contributed by atoms with E-state index in [0.717, 1.165) is 0 Å². The maximum absolute atomic E-state index is 2.37. The molecule has 0 aliphatic carbocycles. The maximum Gasteiger partial charge on any atom is 0.224 e. The van der Waals surface area contributed by atoms with Crippen molar-refractivity contribution >= 4 is 33.1 Å². The molecule has 0 atom stereocenters. The summed E-state index contributed by atoms with van der Waals surface area (Å²) in [5.41, 5.74) is 10.4. The number of aryl methyl sites for hydroxylation is 4. The van der Waals surface area contributed by atoms with Gasteiger partial charge in [0, 0.05) is 18.5 Å². The van der Waals surface area contributed by atoms with Crippen molar-refractivity contribution in [3.63, 3.8) is 0 Å². The number of fused-ring (bicyclic) bond motifs is 4. The van der Waals surface area contributed by atoms with Crippen molar-refractivity contribution in [2.24, 2.45) is 7.05 Å². The van der Waals surface area contributed by atoms with Gasteiger partial charge in [0.05, 0.1) is 27.7 Å². The van der Waals surface area contributed by atoms with E-state index in [-0.39, 0.29) is 0 Å². The molecule has 4 aromatic rings. The van der Waals surface area contributed by atoms with Crippen LogP contribution in [-0.2, 0) is 7.05 Å². The van der Waals surface area contributed by atoms with Gasteiger partial charge >= 0.3 is 0 Å². The van der Waals surface area contributed by atoms with Crippen LogP contribution in [0.4, 0.5) is 11.4 Å². The minimum atomic E-state index is 1.28. The average molecular weight is 339 g/mol. The third-order valence-corrected chi connectivity index (χ3v) is 5.77. The molecule has 0 bridgehead atoms. The number of hydrogen-bond acceptors (Lipinski definition) is 1. The van der Waals surface area contributed by atoms with Gasteiger partial charge in [0.1, 0.15) is 7.05 Å². The van der Waals surface area contributed by atoms with Crippen molar-refractivity contribution < 1.29 is 4.57 Å². The molecule has 2 heterocycles. The summed E-state index contributed by atoms with van der Waals surface area (Å²) >= 11 is 0. The molecule has 0 fully saturated rings. The van der Waals surface area contributed by atoms with E-state index in [1.54, 1.807) is 0 Å². The molecule has 3 aromatic carbocycles. The first-order valence-electron chi connectivity index (χ1n) is 9.17. The normalized spacial score (nSPS) is 12.7. The van der Waals surface area contributed by atoms with Crippen LogP contribution in [0.25, 0.3) is 32.9 Å². The predicted molar refractivity (Wildman–Crippen MR) is 110 cm³/mol. The Hall–Kier alpha value is -2.87. The third kappa shape index (κ3) is 1.90. The van der Waals surface area contributed by atoms with Gasteiger partial charge in [-0.1, -0.05) is 23.8 Å². The van der Waals surface area contributed by atoms with Crippen LogP contribution < -0.4 is 9.47 Å². The molecule has 0 saturated heterocycles. The predicted octanol–water partition coefficient (Wildman–Crippen LogP) is 5.49. The van der Waals surface area contributed by atoms with Crippen molar-refractivity contribution in [2.75, 3.05) is 11.9 Å². The monoisotopic (exact) mass is 339 g/mol. The lowest BCUT2D eigenvalue weighted by Crippen LogP contribution is -2.34. The number of aromatic nitrogens is 1. The molecule has 1 aliphatic heterocycles. The van der Waals surface area contributed by atoms with E-state index < -0.39 is 0 Å². The van der Waals surface area contributed by atoms with Crippen molar-refractivity contribution in [1.29, 1.82) is 0 Å². The highest BCUT2D eigenvalue weighted by atomic mass is 15.1. The lowest BCUT2D eigenvalue weighted by molar-refractivity contribution is -0.632. The Labute approximate surface area is 154 Å². The average Bonchev–Trinajstić information content (AvgIpc) is 2.61. The molecule has 0 amide bonds. The Morgan fingerprint density at radius 3 is 2.19 bits per heavy atom. The summed E-state index contributed by atoms with van der Waals surface area (Å²) in [6.07, 6.45) is 0. The van der Waals surface area contributed by atoms with E-state index in [1.807, 2.05) is 0 Å². The van der Waals surface area contributed by atoms with Gasteiger partial charge in [-0.25, -0.2) is 0 Å². The SMILES string of the molecule is Cc1ccc2c(c1)N(C)c1cc(C)cc3c1c-2[n+](C)c1ccc(C)cc31. The molecule has 2 heteroatoms. The van der Waals surface area contributed by atoms with E-state index in [2.05, 4.69) is 92.9 Å². The highest BCUT2D eigenvalue weighted by molar-refractivity contribution is 6.17. The molecule has 128 valence electrons. The van der Waals surface area contributed by atoms with Gasteiger partial charge < -0.3 is 4.90 Å². The van der Waals surface area contributed by atoms with Crippen LogP contribution in [-0.4, -0.2) is 7.05 Å². The topological polar surface area (TPSA) is 7.12 Å². The van der Waals surface area contributed by atoms with Crippen LogP contribution >= 0.6 is 0 Å². The molecule has 2 nitrogen and oxygen atoms in total. The van der Waals surface area contributed by atoms with Gasteiger partial charge in [-0.05, 0) is 56.2 Å². The van der Waals surface area contributed by atoms with Crippen LogP contribution in [0.2, 0.25) is 0 Å². The molecule has 0 unspecified atom stereocenters. The molecule has 0 saturated carbocycles. The summed E-state index contributed by atoms with van der Waals surface area (Å²) in [5, 5.41) is 4.04. The van der Waals surface area contributed by atoms with E-state index in [9.17, 15) is 0 Å². The summed E-state index contributed by atoms with van der Waals surface area (Å²) in [4.78, 5) is 2.35. The van der Waals surface area contributed by atoms with Crippen molar-refractivity contribution in [1.82, 2.24) is 0 Å². The number of hydrogen-bond donors (Lipinski definition) is 0. The highest BCUT2D eigenvalue weighted by Gasteiger charge is 2.31. The number of nitrogens with zero attached hydrogens (tertiary/aromatic N) is 2. The van der Waals surface area contributed by atoms with Gasteiger partial charge in [0.15, 0.2) is 0 Å². The van der Waals surface area contributed by atoms with E-state index >= 15 is 0 Å². The van der Waals surface area contributed by atoms with Gasteiger partial charge in [-0.15, -0.1) is 0 Å².